The second-order valence-corrected chi connectivity index (χ2v) is 6.81. The highest BCUT2D eigenvalue weighted by Crippen LogP contribution is 2.34. The van der Waals surface area contributed by atoms with Gasteiger partial charge in [0, 0.05) is 5.56 Å². The van der Waals surface area contributed by atoms with Gasteiger partial charge in [0.25, 0.3) is 0 Å². The maximum absolute atomic E-state index is 11.3. The lowest BCUT2D eigenvalue weighted by atomic mass is 9.80. The molecule has 0 saturated carbocycles. The quantitative estimate of drug-likeness (QED) is 0.708. The van der Waals surface area contributed by atoms with Crippen molar-refractivity contribution in [2.75, 3.05) is 0 Å². The highest BCUT2D eigenvalue weighted by Gasteiger charge is 2.25. The third-order valence-corrected chi connectivity index (χ3v) is 3.11. The Morgan fingerprint density at radius 1 is 0.889 bits per heavy atom. The molecular weight excluding hydrogens is 228 g/mol. The van der Waals surface area contributed by atoms with Crippen molar-refractivity contribution in [2.45, 2.75) is 52.4 Å². The highest BCUT2D eigenvalue weighted by atomic mass is 16.6. The summed E-state index contributed by atoms with van der Waals surface area (Å²) in [6, 6.07) is 4.01. The minimum atomic E-state index is -0.637. The Hall–Kier alpha value is -1.51. The first-order valence-electron chi connectivity index (χ1n) is 6.18. The van der Waals surface area contributed by atoms with Crippen LogP contribution in [0.15, 0.2) is 25.8 Å². The van der Waals surface area contributed by atoms with Gasteiger partial charge in [-0.15, -0.1) is 0 Å². The minimum Gasteiger partial charge on any atom is -0.391 e. The SMILES string of the molecule is CC(C)(C)c1cc(C(C)(C)C)c2oc(=O)oc2c1. The van der Waals surface area contributed by atoms with Crippen molar-refractivity contribution >= 4 is 11.2 Å². The molecule has 2 aromatic rings. The predicted octanol–water partition coefficient (Wildman–Crippen LogP) is 3.98. The Balaban J connectivity index is 2.85. The summed E-state index contributed by atoms with van der Waals surface area (Å²) in [5.41, 5.74) is 3.17. The molecule has 98 valence electrons. The van der Waals surface area contributed by atoms with Crippen molar-refractivity contribution in [3.05, 3.63) is 33.9 Å². The van der Waals surface area contributed by atoms with Crippen LogP contribution in [0.5, 0.6) is 0 Å². The average Bonchev–Trinajstić information content (AvgIpc) is 2.52. The molecule has 2 rings (SSSR count). The van der Waals surface area contributed by atoms with Crippen molar-refractivity contribution < 1.29 is 8.83 Å². The molecule has 1 heterocycles. The Labute approximate surface area is 107 Å². The molecule has 18 heavy (non-hydrogen) atoms. The topological polar surface area (TPSA) is 43.4 Å². The lowest BCUT2D eigenvalue weighted by Crippen LogP contribution is -2.16. The van der Waals surface area contributed by atoms with Crippen molar-refractivity contribution in [1.29, 1.82) is 0 Å². The van der Waals surface area contributed by atoms with Crippen molar-refractivity contribution in [2.24, 2.45) is 0 Å². The fourth-order valence-electron chi connectivity index (χ4n) is 1.97. The maximum Gasteiger partial charge on any atom is 0.519 e. The molecule has 0 aliphatic rings. The molecule has 0 spiro atoms. The number of fused-ring (bicyclic) bond motifs is 1. The first kappa shape index (κ1) is 12.9. The van der Waals surface area contributed by atoms with Gasteiger partial charge in [0.15, 0.2) is 11.2 Å². The summed E-state index contributed by atoms with van der Waals surface area (Å²) in [5, 5.41) is 0. The summed E-state index contributed by atoms with van der Waals surface area (Å²) >= 11 is 0. The Bertz CT molecular complexity index is 630. The number of benzene rings is 1. The van der Waals surface area contributed by atoms with E-state index in [9.17, 15) is 4.79 Å². The zero-order chi connectivity index (χ0) is 13.7. The van der Waals surface area contributed by atoms with Gasteiger partial charge in [-0.1, -0.05) is 47.6 Å². The largest absolute Gasteiger partial charge is 0.519 e. The third kappa shape index (κ3) is 2.22. The van der Waals surface area contributed by atoms with E-state index in [0.717, 1.165) is 11.1 Å². The van der Waals surface area contributed by atoms with Crippen LogP contribution >= 0.6 is 0 Å². The van der Waals surface area contributed by atoms with E-state index < -0.39 is 5.82 Å². The van der Waals surface area contributed by atoms with Crippen molar-refractivity contribution in [3.63, 3.8) is 0 Å². The molecule has 0 N–H and O–H groups in total. The molecule has 0 fully saturated rings. The van der Waals surface area contributed by atoms with E-state index in [4.69, 9.17) is 8.83 Å². The Kier molecular flexibility index (Phi) is 2.69. The van der Waals surface area contributed by atoms with Crippen LogP contribution in [0.4, 0.5) is 0 Å². The van der Waals surface area contributed by atoms with Gasteiger partial charge < -0.3 is 8.83 Å². The molecule has 0 saturated heterocycles. The summed E-state index contributed by atoms with van der Waals surface area (Å²) in [7, 11) is 0. The molecular formula is C15H20O3. The molecule has 0 atom stereocenters. The van der Waals surface area contributed by atoms with Crippen LogP contribution in [0, 0.1) is 0 Å². The van der Waals surface area contributed by atoms with Crippen LogP contribution < -0.4 is 5.82 Å². The maximum atomic E-state index is 11.3. The van der Waals surface area contributed by atoms with Crippen LogP contribution in [0.2, 0.25) is 0 Å². The van der Waals surface area contributed by atoms with Crippen LogP contribution in [0.25, 0.3) is 11.2 Å². The number of hydrogen-bond donors (Lipinski definition) is 0. The lowest BCUT2D eigenvalue weighted by molar-refractivity contribution is 0.407. The molecule has 0 aliphatic carbocycles. The van der Waals surface area contributed by atoms with Gasteiger partial charge >= 0.3 is 5.82 Å². The molecule has 0 radical (unpaired) electrons. The summed E-state index contributed by atoms with van der Waals surface area (Å²) in [6.07, 6.45) is 0. The minimum absolute atomic E-state index is 0.00400. The fourth-order valence-corrected chi connectivity index (χ4v) is 1.97. The molecule has 0 unspecified atom stereocenters. The van der Waals surface area contributed by atoms with Gasteiger partial charge in [0.05, 0.1) is 0 Å². The van der Waals surface area contributed by atoms with Gasteiger partial charge in [-0.3, -0.25) is 0 Å². The molecule has 1 aromatic heterocycles. The van der Waals surface area contributed by atoms with Gasteiger partial charge in [0.1, 0.15) is 0 Å². The molecule has 0 aliphatic heterocycles. The first-order valence-corrected chi connectivity index (χ1v) is 6.18. The van der Waals surface area contributed by atoms with Gasteiger partial charge in [-0.2, -0.15) is 0 Å². The fraction of sp³-hybridized carbons (Fsp3) is 0.533. The van der Waals surface area contributed by atoms with E-state index in [1.54, 1.807) is 0 Å². The summed E-state index contributed by atoms with van der Waals surface area (Å²) < 4.78 is 10.3. The van der Waals surface area contributed by atoms with Crippen LogP contribution in [0.1, 0.15) is 52.7 Å². The van der Waals surface area contributed by atoms with Gasteiger partial charge in [-0.25, -0.2) is 4.79 Å². The van der Waals surface area contributed by atoms with Crippen molar-refractivity contribution in [3.8, 4) is 0 Å². The zero-order valence-electron chi connectivity index (χ0n) is 11.9. The molecule has 3 heteroatoms. The number of hydrogen-bond acceptors (Lipinski definition) is 3. The third-order valence-electron chi connectivity index (χ3n) is 3.11. The van der Waals surface area contributed by atoms with Gasteiger partial charge in [0.2, 0.25) is 0 Å². The molecule has 0 amide bonds. The first-order chi connectivity index (χ1) is 8.09. The monoisotopic (exact) mass is 248 g/mol. The number of rotatable bonds is 0. The summed E-state index contributed by atoms with van der Waals surface area (Å²) in [5.74, 6) is -0.637. The zero-order valence-corrected chi connectivity index (χ0v) is 11.9. The van der Waals surface area contributed by atoms with Crippen LogP contribution in [-0.4, -0.2) is 0 Å². The second-order valence-electron chi connectivity index (χ2n) is 6.81. The van der Waals surface area contributed by atoms with Gasteiger partial charge in [-0.05, 0) is 22.5 Å². The van der Waals surface area contributed by atoms with E-state index in [0.29, 0.717) is 11.2 Å². The highest BCUT2D eigenvalue weighted by molar-refractivity contribution is 5.76. The van der Waals surface area contributed by atoms with Crippen LogP contribution in [0.3, 0.4) is 0 Å². The normalized spacial score (nSPS) is 13.2. The van der Waals surface area contributed by atoms with E-state index in [1.165, 1.54) is 0 Å². The lowest BCUT2D eigenvalue weighted by Gasteiger charge is -2.24. The van der Waals surface area contributed by atoms with E-state index in [1.807, 2.05) is 6.07 Å². The summed E-state index contributed by atoms with van der Waals surface area (Å²) in [6.45, 7) is 12.7. The Morgan fingerprint density at radius 2 is 1.50 bits per heavy atom. The smallest absolute Gasteiger partial charge is 0.391 e. The standard InChI is InChI=1S/C15H20O3/c1-14(2,3)9-7-10(15(4,5)6)12-11(8-9)17-13(16)18-12/h7-8H,1-6H3. The average molecular weight is 248 g/mol. The molecule has 3 nitrogen and oxygen atoms in total. The van der Waals surface area contributed by atoms with Crippen LogP contribution in [-0.2, 0) is 10.8 Å². The van der Waals surface area contributed by atoms with Crippen molar-refractivity contribution in [1.82, 2.24) is 0 Å². The molecule has 0 bridgehead atoms. The second kappa shape index (κ2) is 3.74. The Morgan fingerprint density at radius 3 is 2.00 bits per heavy atom. The van der Waals surface area contributed by atoms with E-state index in [-0.39, 0.29) is 10.8 Å². The molecule has 1 aromatic carbocycles. The summed E-state index contributed by atoms with van der Waals surface area (Å²) in [4.78, 5) is 11.3. The van der Waals surface area contributed by atoms with E-state index in [2.05, 4.69) is 47.6 Å². The van der Waals surface area contributed by atoms with E-state index >= 15 is 0 Å². The predicted molar refractivity (Wildman–Crippen MR) is 72.2 cm³/mol.